The zero-order valence-corrected chi connectivity index (χ0v) is 11.4. The number of hydrogen-bond donors (Lipinski definition) is 0. The first-order chi connectivity index (χ1) is 10.2. The van der Waals surface area contributed by atoms with E-state index in [1.807, 2.05) is 6.07 Å². The molecule has 0 fully saturated rings. The van der Waals surface area contributed by atoms with Crippen LogP contribution in [0, 0.1) is 23.0 Å². The number of rotatable bonds is 2. The third kappa shape index (κ3) is 2.05. The van der Waals surface area contributed by atoms with Crippen LogP contribution in [0.4, 0.5) is 8.78 Å². The van der Waals surface area contributed by atoms with Crippen molar-refractivity contribution in [1.82, 2.24) is 9.55 Å². The fourth-order valence-electron chi connectivity index (χ4n) is 2.28. The van der Waals surface area contributed by atoms with Crippen molar-refractivity contribution >= 4 is 22.6 Å². The molecule has 0 saturated heterocycles. The average Bonchev–Trinajstić information content (AvgIpc) is 2.86. The minimum atomic E-state index is -0.719. The van der Waals surface area contributed by atoms with Crippen LogP contribution in [-0.4, -0.2) is 9.55 Å². The highest BCUT2D eigenvalue weighted by Crippen LogP contribution is 2.27. The molecule has 0 bridgehead atoms. The van der Waals surface area contributed by atoms with Gasteiger partial charge < -0.3 is 0 Å². The summed E-state index contributed by atoms with van der Waals surface area (Å²) in [4.78, 5) is 4.24. The Morgan fingerprint density at radius 2 is 1.81 bits per heavy atom. The fraction of sp³-hybridized carbons (Fsp3) is 0.0667. The quantitative estimate of drug-likeness (QED) is 0.673. The number of fused-ring (bicyclic) bond motifs is 1. The Bertz CT molecular complexity index is 860. The average molecular weight is 304 g/mol. The van der Waals surface area contributed by atoms with E-state index in [4.69, 9.17) is 16.9 Å². The first-order valence-corrected chi connectivity index (χ1v) is 6.61. The van der Waals surface area contributed by atoms with Gasteiger partial charge in [0, 0.05) is 0 Å². The van der Waals surface area contributed by atoms with Gasteiger partial charge in [0.1, 0.15) is 34.7 Å². The van der Waals surface area contributed by atoms with Crippen LogP contribution in [0.15, 0.2) is 36.4 Å². The van der Waals surface area contributed by atoms with Crippen molar-refractivity contribution in [3.05, 3.63) is 59.4 Å². The molecule has 0 amide bonds. The topological polar surface area (TPSA) is 41.6 Å². The molecule has 0 saturated carbocycles. The van der Waals surface area contributed by atoms with Crippen molar-refractivity contribution in [3.8, 4) is 11.8 Å². The number of para-hydroxylation sites is 2. The molecule has 3 rings (SSSR count). The highest BCUT2D eigenvalue weighted by atomic mass is 35.5. The van der Waals surface area contributed by atoms with Gasteiger partial charge in [-0.25, -0.2) is 13.8 Å². The van der Waals surface area contributed by atoms with Crippen molar-refractivity contribution in [3.63, 3.8) is 0 Å². The molecule has 0 aliphatic heterocycles. The summed E-state index contributed by atoms with van der Waals surface area (Å²) in [5, 5.41) is 9.11. The van der Waals surface area contributed by atoms with Gasteiger partial charge in [-0.1, -0.05) is 12.1 Å². The minimum Gasteiger partial charge on any atom is -0.290 e. The lowest BCUT2D eigenvalue weighted by molar-refractivity contribution is 0.569. The Kier molecular flexibility index (Phi) is 3.32. The molecule has 0 aliphatic rings. The second-order valence-corrected chi connectivity index (χ2v) is 4.62. The first-order valence-electron chi connectivity index (χ1n) is 6.08. The minimum absolute atomic E-state index is 0.0344. The lowest BCUT2D eigenvalue weighted by Crippen LogP contribution is -2.05. The van der Waals surface area contributed by atoms with Crippen LogP contribution in [0.5, 0.6) is 0 Å². The van der Waals surface area contributed by atoms with Gasteiger partial charge in [-0.2, -0.15) is 5.26 Å². The standard InChI is InChI=1S/C15H8ClF2N3/c16-7-13-20-14-9(8-19)3-1-6-12(14)21(13)15-10(17)4-2-5-11(15)18/h1-6H,7H2. The summed E-state index contributed by atoms with van der Waals surface area (Å²) in [7, 11) is 0. The Morgan fingerprint density at radius 1 is 1.14 bits per heavy atom. The van der Waals surface area contributed by atoms with Gasteiger partial charge in [-0.15, -0.1) is 11.6 Å². The third-order valence-electron chi connectivity index (χ3n) is 3.16. The molecule has 0 spiro atoms. The number of benzene rings is 2. The van der Waals surface area contributed by atoms with E-state index in [9.17, 15) is 8.78 Å². The largest absolute Gasteiger partial charge is 0.290 e. The van der Waals surface area contributed by atoms with Crippen LogP contribution >= 0.6 is 11.6 Å². The van der Waals surface area contributed by atoms with E-state index in [2.05, 4.69) is 4.98 Å². The van der Waals surface area contributed by atoms with E-state index in [-0.39, 0.29) is 17.4 Å². The molecule has 21 heavy (non-hydrogen) atoms. The summed E-state index contributed by atoms with van der Waals surface area (Å²) in [6, 6.07) is 10.5. The molecule has 1 heterocycles. The predicted octanol–water partition coefficient (Wildman–Crippen LogP) is 3.91. The van der Waals surface area contributed by atoms with Gasteiger partial charge in [0.15, 0.2) is 0 Å². The van der Waals surface area contributed by atoms with E-state index in [1.54, 1.807) is 18.2 Å². The maximum Gasteiger partial charge on any atom is 0.150 e. The summed E-state index contributed by atoms with van der Waals surface area (Å²) >= 11 is 5.84. The smallest absolute Gasteiger partial charge is 0.150 e. The van der Waals surface area contributed by atoms with Gasteiger partial charge in [-0.3, -0.25) is 4.57 Å². The van der Waals surface area contributed by atoms with E-state index in [0.29, 0.717) is 16.6 Å². The van der Waals surface area contributed by atoms with Gasteiger partial charge >= 0.3 is 0 Å². The number of alkyl halides is 1. The van der Waals surface area contributed by atoms with E-state index in [0.717, 1.165) is 12.1 Å². The third-order valence-corrected chi connectivity index (χ3v) is 3.39. The molecule has 104 valence electrons. The first kappa shape index (κ1) is 13.5. The van der Waals surface area contributed by atoms with Crippen LogP contribution in [0.3, 0.4) is 0 Å². The zero-order valence-electron chi connectivity index (χ0n) is 10.6. The van der Waals surface area contributed by atoms with Crippen LogP contribution < -0.4 is 0 Å². The lowest BCUT2D eigenvalue weighted by atomic mass is 10.2. The molecule has 3 nitrogen and oxygen atoms in total. The summed E-state index contributed by atoms with van der Waals surface area (Å²) in [6.45, 7) is 0. The molecule has 6 heteroatoms. The monoisotopic (exact) mass is 303 g/mol. The van der Waals surface area contributed by atoms with Crippen molar-refractivity contribution in [2.75, 3.05) is 0 Å². The number of halogens is 3. The summed E-state index contributed by atoms with van der Waals surface area (Å²) in [5.41, 5.74) is 0.895. The lowest BCUT2D eigenvalue weighted by Gasteiger charge is -2.10. The Labute approximate surface area is 124 Å². The van der Waals surface area contributed by atoms with Crippen molar-refractivity contribution in [2.24, 2.45) is 0 Å². The number of nitriles is 1. The zero-order chi connectivity index (χ0) is 15.0. The van der Waals surface area contributed by atoms with Crippen molar-refractivity contribution in [2.45, 2.75) is 5.88 Å². The van der Waals surface area contributed by atoms with Crippen LogP contribution in [0.25, 0.3) is 16.7 Å². The number of nitrogens with zero attached hydrogens (tertiary/aromatic N) is 3. The molecule has 3 aromatic rings. The Morgan fingerprint density at radius 3 is 2.43 bits per heavy atom. The molecular weight excluding hydrogens is 296 g/mol. The molecule has 2 aromatic carbocycles. The Hall–Kier alpha value is -2.45. The molecule has 1 aromatic heterocycles. The van der Waals surface area contributed by atoms with Gasteiger partial charge in [0.2, 0.25) is 0 Å². The maximum absolute atomic E-state index is 14.0. The fourth-order valence-corrected chi connectivity index (χ4v) is 2.46. The van der Waals surface area contributed by atoms with Crippen molar-refractivity contribution in [1.29, 1.82) is 5.26 Å². The molecular formula is C15H8ClF2N3. The van der Waals surface area contributed by atoms with Crippen molar-refractivity contribution < 1.29 is 8.78 Å². The Balaban J connectivity index is 2.45. The van der Waals surface area contributed by atoms with Gasteiger partial charge in [0.05, 0.1) is 17.0 Å². The second-order valence-electron chi connectivity index (χ2n) is 4.35. The molecule has 0 N–H and O–H groups in total. The summed E-state index contributed by atoms with van der Waals surface area (Å²) < 4.78 is 29.4. The molecule has 0 radical (unpaired) electrons. The number of hydrogen-bond acceptors (Lipinski definition) is 2. The molecule has 0 aliphatic carbocycles. The summed E-state index contributed by atoms with van der Waals surface area (Å²) in [6.07, 6.45) is 0. The SMILES string of the molecule is N#Cc1cccc2c1nc(CCl)n2-c1c(F)cccc1F. The summed E-state index contributed by atoms with van der Waals surface area (Å²) in [5.74, 6) is -1.20. The second kappa shape index (κ2) is 5.15. The van der Waals surface area contributed by atoms with Crippen LogP contribution in [0.1, 0.15) is 11.4 Å². The van der Waals surface area contributed by atoms with E-state index < -0.39 is 11.6 Å². The predicted molar refractivity (Wildman–Crippen MR) is 75.3 cm³/mol. The maximum atomic E-state index is 14.0. The highest BCUT2D eigenvalue weighted by molar-refractivity contribution is 6.17. The molecule has 0 unspecified atom stereocenters. The number of aromatic nitrogens is 2. The molecule has 0 atom stereocenters. The number of imidazole rings is 1. The highest BCUT2D eigenvalue weighted by Gasteiger charge is 2.19. The van der Waals surface area contributed by atoms with E-state index >= 15 is 0 Å². The van der Waals surface area contributed by atoms with Gasteiger partial charge in [0.25, 0.3) is 0 Å². The van der Waals surface area contributed by atoms with Crippen LogP contribution in [-0.2, 0) is 5.88 Å². The van der Waals surface area contributed by atoms with E-state index in [1.165, 1.54) is 10.6 Å². The van der Waals surface area contributed by atoms with Gasteiger partial charge in [-0.05, 0) is 24.3 Å². The van der Waals surface area contributed by atoms with Crippen LogP contribution in [0.2, 0.25) is 0 Å². The normalized spacial score (nSPS) is 10.8.